The molecule has 0 unspecified atom stereocenters. The molecule has 0 aliphatic carbocycles. The third kappa shape index (κ3) is 8.29. The maximum Gasteiger partial charge on any atom is 0.416 e. The third-order valence-electron chi connectivity index (χ3n) is 1.35. The van der Waals surface area contributed by atoms with Crippen molar-refractivity contribution in [2.24, 2.45) is 0 Å². The van der Waals surface area contributed by atoms with Gasteiger partial charge in [0.05, 0.1) is 5.56 Å². The Labute approximate surface area is 98.2 Å². The highest BCUT2D eigenvalue weighted by Crippen LogP contribution is 2.29. The topological polar surface area (TPSA) is 17.1 Å². The minimum absolute atomic E-state index is 0.222. The Kier molecular flexibility index (Phi) is 10.0. The summed E-state index contributed by atoms with van der Waals surface area (Å²) in [6, 6.07) is 5.22. The number of benzene rings is 1. The Morgan fingerprint density at radius 1 is 1.25 bits per heavy atom. The van der Waals surface area contributed by atoms with E-state index in [0.717, 1.165) is 12.1 Å². The highest BCUT2D eigenvalue weighted by Gasteiger charge is 2.29. The van der Waals surface area contributed by atoms with Gasteiger partial charge in [-0.25, -0.2) is 0 Å². The van der Waals surface area contributed by atoms with Crippen LogP contribution >= 0.6 is 11.6 Å². The second kappa shape index (κ2) is 9.21. The minimum Gasteiger partial charge on any atom is -0.285 e. The smallest absolute Gasteiger partial charge is 0.285 e. The zero-order valence-electron chi connectivity index (χ0n) is 9.31. The Morgan fingerprint density at radius 2 is 1.69 bits per heavy atom. The Balaban J connectivity index is 0. The lowest BCUT2D eigenvalue weighted by Crippen LogP contribution is -2.04. The van der Waals surface area contributed by atoms with Crippen molar-refractivity contribution in [1.29, 1.82) is 0 Å². The van der Waals surface area contributed by atoms with E-state index in [1.807, 2.05) is 13.8 Å². The third-order valence-corrected chi connectivity index (χ3v) is 1.35. The van der Waals surface area contributed by atoms with Gasteiger partial charge in [0.2, 0.25) is 5.75 Å². The van der Waals surface area contributed by atoms with Crippen LogP contribution in [0.4, 0.5) is 13.2 Å². The van der Waals surface area contributed by atoms with E-state index in [4.69, 9.17) is 4.79 Å². The zero-order valence-corrected chi connectivity index (χ0v) is 10.1. The summed E-state index contributed by atoms with van der Waals surface area (Å²) in [6.45, 7) is 5.63. The van der Waals surface area contributed by atoms with Gasteiger partial charge < -0.3 is 0 Å². The van der Waals surface area contributed by atoms with E-state index in [1.54, 1.807) is 13.0 Å². The molecule has 0 atom stereocenters. The minimum atomic E-state index is -4.22. The van der Waals surface area contributed by atoms with Gasteiger partial charge >= 0.3 is 6.18 Å². The lowest BCUT2D eigenvalue weighted by atomic mass is 10.1. The number of hydrogen-bond donors (Lipinski definition) is 0. The van der Waals surface area contributed by atoms with Gasteiger partial charge in [0.1, 0.15) is 0 Å². The quantitative estimate of drug-likeness (QED) is 0.494. The number of carbonyl (C=O) groups is 1. The summed E-state index contributed by atoms with van der Waals surface area (Å²) in [6.07, 6.45) is -4.22. The van der Waals surface area contributed by atoms with E-state index in [2.05, 4.69) is 11.6 Å². The Morgan fingerprint density at radius 3 is 1.94 bits per heavy atom. The molecule has 1 aromatic rings. The number of halogens is 4. The summed E-state index contributed by atoms with van der Waals surface area (Å²) in [4.78, 5) is 8.57. The van der Waals surface area contributed by atoms with Crippen LogP contribution in [0.3, 0.4) is 0 Å². The molecule has 1 aromatic carbocycles. The summed E-state index contributed by atoms with van der Waals surface area (Å²) in [5.41, 5.74) is 0.0392. The van der Waals surface area contributed by atoms with Gasteiger partial charge in [-0.3, -0.25) is 4.79 Å². The number of aryl methyl sites for hydroxylation is 1. The average Bonchev–Trinajstić information content (AvgIpc) is 2.21. The van der Waals surface area contributed by atoms with Gasteiger partial charge in [-0.1, -0.05) is 37.6 Å². The van der Waals surface area contributed by atoms with Gasteiger partial charge in [0.25, 0.3) is 0 Å². The molecule has 0 saturated carbocycles. The summed E-state index contributed by atoms with van der Waals surface area (Å²) < 4.78 is 35.9. The molecule has 0 spiro atoms. The summed E-state index contributed by atoms with van der Waals surface area (Å²) >= 11 is 4.32. The van der Waals surface area contributed by atoms with Crippen molar-refractivity contribution >= 4 is 17.3 Å². The first-order chi connectivity index (χ1) is 7.41. The van der Waals surface area contributed by atoms with Crippen molar-refractivity contribution < 1.29 is 18.0 Å². The molecule has 0 radical (unpaired) electrons. The molecule has 0 fully saturated rings. The predicted octanol–water partition coefficient (Wildman–Crippen LogP) is 4.46. The molecule has 0 amide bonds. The summed E-state index contributed by atoms with van der Waals surface area (Å²) in [5, 5.41) is 0. The standard InChI is InChI=1S/C8H7F3.C2H6.CHClO/c1-6-3-2-4-7(5-6)8(9,10)11;1-2;2-1-3/h2-5H,1H3;1-2H3;1H. The highest BCUT2D eigenvalue weighted by atomic mass is 35.5. The fourth-order valence-corrected chi connectivity index (χ4v) is 0.821. The van der Waals surface area contributed by atoms with E-state index >= 15 is 0 Å². The fourth-order valence-electron chi connectivity index (χ4n) is 0.821. The van der Waals surface area contributed by atoms with E-state index in [0.29, 0.717) is 5.56 Å². The maximum atomic E-state index is 12.0. The van der Waals surface area contributed by atoms with Crippen LogP contribution in [0.1, 0.15) is 25.0 Å². The van der Waals surface area contributed by atoms with E-state index in [1.165, 1.54) is 6.07 Å². The van der Waals surface area contributed by atoms with Crippen molar-refractivity contribution in [2.45, 2.75) is 26.9 Å². The molecule has 0 saturated heterocycles. The van der Waals surface area contributed by atoms with Gasteiger partial charge in [-0.15, -0.1) is 0 Å². The van der Waals surface area contributed by atoms with Crippen molar-refractivity contribution in [2.75, 3.05) is 0 Å². The van der Waals surface area contributed by atoms with Crippen molar-refractivity contribution in [3.05, 3.63) is 35.4 Å². The molecular formula is C11H14ClF3O. The van der Waals surface area contributed by atoms with Crippen LogP contribution in [0.5, 0.6) is 0 Å². The van der Waals surface area contributed by atoms with Crippen LogP contribution in [0.2, 0.25) is 0 Å². The van der Waals surface area contributed by atoms with Crippen LogP contribution in [0, 0.1) is 6.92 Å². The number of hydrogen-bond acceptors (Lipinski definition) is 1. The fraction of sp³-hybridized carbons (Fsp3) is 0.364. The SMILES string of the molecule is CC.Cc1cccc(C(F)(F)F)c1.O=CCl. The van der Waals surface area contributed by atoms with Crippen molar-refractivity contribution in [3.63, 3.8) is 0 Å². The number of carbonyl (C=O) groups excluding carboxylic acids is 1. The molecule has 1 nitrogen and oxygen atoms in total. The number of rotatable bonds is 0. The van der Waals surface area contributed by atoms with Crippen LogP contribution < -0.4 is 0 Å². The van der Waals surface area contributed by atoms with Crippen LogP contribution in [-0.4, -0.2) is 5.75 Å². The molecule has 92 valence electrons. The van der Waals surface area contributed by atoms with Crippen molar-refractivity contribution in [3.8, 4) is 0 Å². The van der Waals surface area contributed by atoms with E-state index in [-0.39, 0.29) is 5.75 Å². The maximum absolute atomic E-state index is 12.0. The largest absolute Gasteiger partial charge is 0.416 e. The second-order valence-corrected chi connectivity index (χ2v) is 2.63. The molecule has 0 aromatic heterocycles. The first-order valence-electron chi connectivity index (χ1n) is 4.59. The summed E-state index contributed by atoms with van der Waals surface area (Å²) in [5.74, 6) is 0.222. The lowest BCUT2D eigenvalue weighted by Gasteiger charge is -2.05. The van der Waals surface area contributed by atoms with Gasteiger partial charge in [-0.05, 0) is 24.6 Å². The predicted molar refractivity (Wildman–Crippen MR) is 60.1 cm³/mol. The van der Waals surface area contributed by atoms with Crippen LogP contribution in [-0.2, 0) is 11.0 Å². The van der Waals surface area contributed by atoms with Gasteiger partial charge in [0, 0.05) is 0 Å². The van der Waals surface area contributed by atoms with E-state index < -0.39 is 11.7 Å². The molecule has 0 N–H and O–H groups in total. The van der Waals surface area contributed by atoms with Crippen LogP contribution in [0.25, 0.3) is 0 Å². The molecule has 0 aliphatic rings. The monoisotopic (exact) mass is 254 g/mol. The molecule has 5 heteroatoms. The molecule has 0 bridgehead atoms. The van der Waals surface area contributed by atoms with Gasteiger partial charge in [-0.2, -0.15) is 13.2 Å². The zero-order chi connectivity index (χ0) is 13.2. The Hall–Kier alpha value is -1.03. The second-order valence-electron chi connectivity index (χ2n) is 2.46. The highest BCUT2D eigenvalue weighted by molar-refractivity contribution is 6.54. The molecule has 0 aliphatic heterocycles. The molecular weight excluding hydrogens is 241 g/mol. The molecule has 16 heavy (non-hydrogen) atoms. The first-order valence-corrected chi connectivity index (χ1v) is 5.03. The lowest BCUT2D eigenvalue weighted by molar-refractivity contribution is -0.137. The average molecular weight is 255 g/mol. The molecule has 1 rings (SSSR count). The van der Waals surface area contributed by atoms with Gasteiger partial charge in [0.15, 0.2) is 0 Å². The van der Waals surface area contributed by atoms with Crippen LogP contribution in [0.15, 0.2) is 24.3 Å². The normalized spacial score (nSPS) is 9.19. The van der Waals surface area contributed by atoms with E-state index in [9.17, 15) is 13.2 Å². The summed E-state index contributed by atoms with van der Waals surface area (Å²) in [7, 11) is 0. The van der Waals surface area contributed by atoms with Crippen molar-refractivity contribution in [1.82, 2.24) is 0 Å². The molecule has 0 heterocycles. The first kappa shape index (κ1) is 17.4. The Bertz CT molecular complexity index is 298. The number of alkyl halides is 3.